The van der Waals surface area contributed by atoms with Crippen LogP contribution in [0.5, 0.6) is 5.75 Å². The van der Waals surface area contributed by atoms with Gasteiger partial charge in [-0.1, -0.05) is 30.3 Å². The van der Waals surface area contributed by atoms with E-state index in [2.05, 4.69) is 15.4 Å². The fraction of sp³-hybridized carbons (Fsp3) is 0.217. The van der Waals surface area contributed by atoms with Gasteiger partial charge in [-0.05, 0) is 42.0 Å². The Hall–Kier alpha value is -3.59. The number of carbonyl (C=O) groups is 2. The SMILES string of the molecule is CCS(=O)(=O)Nc1ccc(NC(=O)CCNC(=O)c2ccc3ccccc3c2)cc1OC. The molecule has 3 aromatic carbocycles. The lowest BCUT2D eigenvalue weighted by Crippen LogP contribution is -2.27. The van der Waals surface area contributed by atoms with Crippen LogP contribution in [0.4, 0.5) is 11.4 Å². The molecule has 0 radical (unpaired) electrons. The predicted octanol–water partition coefficient (Wildman–Crippen LogP) is 3.37. The normalized spacial score (nSPS) is 11.1. The Morgan fingerprint density at radius 2 is 1.72 bits per heavy atom. The first-order valence-electron chi connectivity index (χ1n) is 10.1. The smallest absolute Gasteiger partial charge is 0.251 e. The second kappa shape index (κ2) is 10.1. The van der Waals surface area contributed by atoms with E-state index in [-0.39, 0.29) is 42.0 Å². The molecule has 3 aromatic rings. The van der Waals surface area contributed by atoms with E-state index in [4.69, 9.17) is 4.74 Å². The Morgan fingerprint density at radius 1 is 0.969 bits per heavy atom. The van der Waals surface area contributed by atoms with Gasteiger partial charge in [-0.25, -0.2) is 8.42 Å². The summed E-state index contributed by atoms with van der Waals surface area (Å²) in [5, 5.41) is 7.47. The molecule has 0 bridgehead atoms. The standard InChI is InChI=1S/C23H25N3O5S/c1-3-32(29,30)26-20-11-10-19(15-21(20)31-2)25-22(27)12-13-24-23(28)18-9-8-16-6-4-5-7-17(16)14-18/h4-11,14-15,26H,3,12-13H2,1-2H3,(H,24,28)(H,25,27). The van der Waals surface area contributed by atoms with Crippen LogP contribution in [0.3, 0.4) is 0 Å². The molecule has 0 saturated heterocycles. The first-order valence-corrected chi connectivity index (χ1v) is 11.7. The maximum Gasteiger partial charge on any atom is 0.251 e. The summed E-state index contributed by atoms with van der Waals surface area (Å²) in [5.74, 6) is -0.338. The van der Waals surface area contributed by atoms with Gasteiger partial charge in [0.1, 0.15) is 5.75 Å². The summed E-state index contributed by atoms with van der Waals surface area (Å²) >= 11 is 0. The number of benzene rings is 3. The highest BCUT2D eigenvalue weighted by Crippen LogP contribution is 2.29. The van der Waals surface area contributed by atoms with E-state index in [1.165, 1.54) is 26.2 Å². The third-order valence-corrected chi connectivity index (χ3v) is 6.07. The first-order chi connectivity index (χ1) is 15.3. The minimum absolute atomic E-state index is 0.0699. The Kier molecular flexibility index (Phi) is 7.32. The van der Waals surface area contributed by atoms with Gasteiger partial charge in [0.05, 0.1) is 18.6 Å². The molecule has 9 heteroatoms. The van der Waals surface area contributed by atoms with Crippen LogP contribution in [0.25, 0.3) is 10.8 Å². The quantitative estimate of drug-likeness (QED) is 0.458. The molecule has 32 heavy (non-hydrogen) atoms. The van der Waals surface area contributed by atoms with Crippen molar-refractivity contribution < 1.29 is 22.7 Å². The Labute approximate surface area is 187 Å². The van der Waals surface area contributed by atoms with Gasteiger partial charge in [0.2, 0.25) is 15.9 Å². The zero-order valence-corrected chi connectivity index (χ0v) is 18.7. The molecule has 8 nitrogen and oxygen atoms in total. The molecule has 0 aromatic heterocycles. The fourth-order valence-corrected chi connectivity index (χ4v) is 3.69. The van der Waals surface area contributed by atoms with E-state index in [0.29, 0.717) is 11.3 Å². The van der Waals surface area contributed by atoms with Crippen molar-refractivity contribution in [1.82, 2.24) is 5.32 Å². The van der Waals surface area contributed by atoms with E-state index >= 15 is 0 Å². The molecule has 168 valence electrons. The number of hydrogen-bond acceptors (Lipinski definition) is 5. The molecule has 0 aliphatic carbocycles. The molecule has 2 amide bonds. The monoisotopic (exact) mass is 455 g/mol. The highest BCUT2D eigenvalue weighted by molar-refractivity contribution is 7.92. The molecule has 0 heterocycles. The minimum Gasteiger partial charge on any atom is -0.494 e. The lowest BCUT2D eigenvalue weighted by Gasteiger charge is -2.13. The van der Waals surface area contributed by atoms with Gasteiger partial charge in [0.15, 0.2) is 0 Å². The maximum absolute atomic E-state index is 12.4. The molecule has 0 aliphatic rings. The van der Waals surface area contributed by atoms with Crippen molar-refractivity contribution in [2.24, 2.45) is 0 Å². The van der Waals surface area contributed by atoms with Crippen LogP contribution >= 0.6 is 0 Å². The number of rotatable bonds is 9. The van der Waals surface area contributed by atoms with Crippen molar-refractivity contribution in [2.45, 2.75) is 13.3 Å². The summed E-state index contributed by atoms with van der Waals surface area (Å²) < 4.78 is 31.2. The highest BCUT2D eigenvalue weighted by atomic mass is 32.2. The average Bonchev–Trinajstić information content (AvgIpc) is 2.79. The summed E-state index contributed by atoms with van der Waals surface area (Å²) in [5.41, 5.74) is 1.26. The van der Waals surface area contributed by atoms with Crippen LogP contribution in [0, 0.1) is 0 Å². The van der Waals surface area contributed by atoms with Crippen LogP contribution in [-0.4, -0.2) is 39.6 Å². The number of hydrogen-bond donors (Lipinski definition) is 3. The Bertz CT molecular complexity index is 1240. The number of carbonyl (C=O) groups excluding carboxylic acids is 2. The lowest BCUT2D eigenvalue weighted by molar-refractivity contribution is -0.116. The molecular weight excluding hydrogens is 430 g/mol. The Balaban J connectivity index is 1.54. The summed E-state index contributed by atoms with van der Waals surface area (Å²) in [4.78, 5) is 24.6. The summed E-state index contributed by atoms with van der Waals surface area (Å²) in [6.07, 6.45) is 0.0753. The lowest BCUT2D eigenvalue weighted by atomic mass is 10.1. The van der Waals surface area contributed by atoms with Crippen molar-refractivity contribution in [2.75, 3.05) is 29.4 Å². The highest BCUT2D eigenvalue weighted by Gasteiger charge is 2.13. The number of methoxy groups -OCH3 is 1. The van der Waals surface area contributed by atoms with Gasteiger partial charge in [0, 0.05) is 30.3 Å². The number of amides is 2. The third-order valence-electron chi connectivity index (χ3n) is 4.78. The van der Waals surface area contributed by atoms with Crippen molar-refractivity contribution in [3.8, 4) is 5.75 Å². The van der Waals surface area contributed by atoms with Gasteiger partial charge >= 0.3 is 0 Å². The van der Waals surface area contributed by atoms with Crippen LogP contribution in [0.2, 0.25) is 0 Å². The third kappa shape index (κ3) is 5.98. The molecule has 0 saturated carbocycles. The van der Waals surface area contributed by atoms with Gasteiger partial charge in [0.25, 0.3) is 5.91 Å². The van der Waals surface area contributed by atoms with Gasteiger partial charge in [-0.2, -0.15) is 0 Å². The van der Waals surface area contributed by atoms with Crippen molar-refractivity contribution in [3.63, 3.8) is 0 Å². The van der Waals surface area contributed by atoms with E-state index in [9.17, 15) is 18.0 Å². The van der Waals surface area contributed by atoms with E-state index in [1.807, 2.05) is 36.4 Å². The van der Waals surface area contributed by atoms with Gasteiger partial charge < -0.3 is 15.4 Å². The second-order valence-electron chi connectivity index (χ2n) is 7.04. The summed E-state index contributed by atoms with van der Waals surface area (Å²) in [7, 11) is -2.04. The van der Waals surface area contributed by atoms with Crippen LogP contribution < -0.4 is 20.1 Å². The molecule has 0 fully saturated rings. The van der Waals surface area contributed by atoms with E-state index < -0.39 is 10.0 Å². The van der Waals surface area contributed by atoms with Gasteiger partial charge in [-0.15, -0.1) is 0 Å². The largest absolute Gasteiger partial charge is 0.494 e. The number of sulfonamides is 1. The summed E-state index contributed by atoms with van der Waals surface area (Å²) in [6.45, 7) is 1.70. The number of anilines is 2. The number of fused-ring (bicyclic) bond motifs is 1. The Morgan fingerprint density at radius 3 is 2.44 bits per heavy atom. The number of ether oxygens (including phenoxy) is 1. The molecular formula is C23H25N3O5S. The second-order valence-corrected chi connectivity index (χ2v) is 9.05. The topological polar surface area (TPSA) is 114 Å². The van der Waals surface area contributed by atoms with Crippen molar-refractivity contribution in [1.29, 1.82) is 0 Å². The van der Waals surface area contributed by atoms with Crippen LogP contribution in [0.15, 0.2) is 60.7 Å². The minimum atomic E-state index is -3.45. The fourth-order valence-electron chi connectivity index (χ4n) is 3.04. The zero-order valence-electron chi connectivity index (χ0n) is 17.8. The van der Waals surface area contributed by atoms with Crippen LogP contribution in [0.1, 0.15) is 23.7 Å². The maximum atomic E-state index is 12.4. The molecule has 0 atom stereocenters. The zero-order chi connectivity index (χ0) is 23.1. The summed E-state index contributed by atoms with van der Waals surface area (Å²) in [6, 6.07) is 17.8. The molecule has 0 aliphatic heterocycles. The molecule has 0 unspecified atom stereocenters. The molecule has 3 N–H and O–H groups in total. The van der Waals surface area contributed by atoms with Gasteiger partial charge in [-0.3, -0.25) is 14.3 Å². The van der Waals surface area contributed by atoms with Crippen molar-refractivity contribution >= 4 is 44.0 Å². The van der Waals surface area contributed by atoms with Crippen LogP contribution in [-0.2, 0) is 14.8 Å². The van der Waals surface area contributed by atoms with E-state index in [1.54, 1.807) is 12.1 Å². The molecule has 3 rings (SSSR count). The molecule has 0 spiro atoms. The average molecular weight is 456 g/mol. The first kappa shape index (κ1) is 23.1. The predicted molar refractivity (Wildman–Crippen MR) is 126 cm³/mol. The number of nitrogens with one attached hydrogen (secondary N) is 3. The van der Waals surface area contributed by atoms with E-state index in [0.717, 1.165) is 10.8 Å². The van der Waals surface area contributed by atoms with Crippen molar-refractivity contribution in [3.05, 3.63) is 66.2 Å².